The van der Waals surface area contributed by atoms with Crippen LogP contribution in [0.3, 0.4) is 0 Å². The van der Waals surface area contributed by atoms with E-state index < -0.39 is 5.97 Å². The summed E-state index contributed by atoms with van der Waals surface area (Å²) in [5, 5.41) is 12.1. The van der Waals surface area contributed by atoms with Crippen molar-refractivity contribution in [2.75, 3.05) is 18.0 Å². The van der Waals surface area contributed by atoms with Gasteiger partial charge in [0, 0.05) is 12.2 Å². The fraction of sp³-hybridized carbons (Fsp3) is 0.500. The summed E-state index contributed by atoms with van der Waals surface area (Å²) < 4.78 is 0. The molecule has 0 radical (unpaired) electrons. The van der Waals surface area contributed by atoms with Crippen LogP contribution < -0.4 is 10.2 Å². The van der Waals surface area contributed by atoms with Gasteiger partial charge in [-0.25, -0.2) is 0 Å². The zero-order valence-electron chi connectivity index (χ0n) is 12.3. The van der Waals surface area contributed by atoms with Crippen LogP contribution in [0.25, 0.3) is 0 Å². The second-order valence-electron chi connectivity index (χ2n) is 5.47. The first-order valence-electron chi connectivity index (χ1n) is 7.41. The van der Waals surface area contributed by atoms with Gasteiger partial charge in [0.25, 0.3) is 0 Å². The standard InChI is InChI=1S/C16H22N2O3/c1-12-5-7-13(8-6-12)18(11-9-15(19)20)16(21)14-4-2-3-10-17-14/h5-8,14,17H,2-4,9-11H2,1H3,(H,19,20)/t14-/m1/s1. The summed E-state index contributed by atoms with van der Waals surface area (Å²) in [6.45, 7) is 3.03. The topological polar surface area (TPSA) is 69.6 Å². The van der Waals surface area contributed by atoms with Gasteiger partial charge in [0.1, 0.15) is 0 Å². The number of piperidine rings is 1. The number of nitrogens with one attached hydrogen (secondary N) is 1. The average molecular weight is 290 g/mol. The van der Waals surface area contributed by atoms with Gasteiger partial charge in [0.15, 0.2) is 0 Å². The molecule has 0 spiro atoms. The summed E-state index contributed by atoms with van der Waals surface area (Å²) >= 11 is 0. The van der Waals surface area contributed by atoms with Gasteiger partial charge in [-0.15, -0.1) is 0 Å². The highest BCUT2D eigenvalue weighted by Gasteiger charge is 2.26. The van der Waals surface area contributed by atoms with Gasteiger partial charge in [-0.3, -0.25) is 9.59 Å². The predicted octanol–water partition coefficient (Wildman–Crippen LogP) is 1.94. The van der Waals surface area contributed by atoms with Crippen LogP contribution in [0.15, 0.2) is 24.3 Å². The van der Waals surface area contributed by atoms with Crippen molar-refractivity contribution in [1.29, 1.82) is 0 Å². The number of aliphatic carboxylic acids is 1. The summed E-state index contributed by atoms with van der Waals surface area (Å²) in [6.07, 6.45) is 2.88. The van der Waals surface area contributed by atoms with Crippen LogP contribution in [0.2, 0.25) is 0 Å². The summed E-state index contributed by atoms with van der Waals surface area (Å²) in [4.78, 5) is 25.1. The lowest BCUT2D eigenvalue weighted by molar-refractivity contribution is -0.136. The molecule has 114 valence electrons. The largest absolute Gasteiger partial charge is 0.481 e. The molecule has 1 atom stereocenters. The van der Waals surface area contributed by atoms with Gasteiger partial charge in [-0.2, -0.15) is 0 Å². The highest BCUT2D eigenvalue weighted by molar-refractivity contribution is 5.97. The van der Waals surface area contributed by atoms with Crippen LogP contribution in [0.5, 0.6) is 0 Å². The Morgan fingerprint density at radius 2 is 2.00 bits per heavy atom. The molecule has 1 aromatic carbocycles. The maximum absolute atomic E-state index is 12.7. The smallest absolute Gasteiger partial charge is 0.305 e. The Morgan fingerprint density at radius 3 is 2.57 bits per heavy atom. The van der Waals surface area contributed by atoms with Gasteiger partial charge in [-0.1, -0.05) is 24.1 Å². The van der Waals surface area contributed by atoms with E-state index in [2.05, 4.69) is 5.32 Å². The fourth-order valence-corrected chi connectivity index (χ4v) is 2.55. The number of aryl methyl sites for hydroxylation is 1. The SMILES string of the molecule is Cc1ccc(N(CCC(=O)O)C(=O)[C@H]2CCCCN2)cc1. The molecule has 5 heteroatoms. The van der Waals surface area contributed by atoms with Gasteiger partial charge < -0.3 is 15.3 Å². The average Bonchev–Trinajstić information content (AvgIpc) is 2.49. The first-order valence-corrected chi connectivity index (χ1v) is 7.41. The maximum atomic E-state index is 12.7. The number of benzene rings is 1. The van der Waals surface area contributed by atoms with Gasteiger partial charge >= 0.3 is 5.97 Å². The Balaban J connectivity index is 2.15. The van der Waals surface area contributed by atoms with Crippen LogP contribution in [0.4, 0.5) is 5.69 Å². The van der Waals surface area contributed by atoms with Crippen molar-refractivity contribution < 1.29 is 14.7 Å². The van der Waals surface area contributed by atoms with Gasteiger partial charge in [0.05, 0.1) is 12.5 Å². The van der Waals surface area contributed by atoms with E-state index in [1.807, 2.05) is 31.2 Å². The summed E-state index contributed by atoms with van der Waals surface area (Å²) in [5.41, 5.74) is 1.87. The van der Waals surface area contributed by atoms with Crippen molar-refractivity contribution in [1.82, 2.24) is 5.32 Å². The van der Waals surface area contributed by atoms with Crippen LogP contribution in [-0.4, -0.2) is 36.1 Å². The van der Waals surface area contributed by atoms with Crippen molar-refractivity contribution in [3.63, 3.8) is 0 Å². The van der Waals surface area contributed by atoms with Crippen LogP contribution in [0, 0.1) is 6.92 Å². The van der Waals surface area contributed by atoms with Crippen molar-refractivity contribution in [3.8, 4) is 0 Å². The maximum Gasteiger partial charge on any atom is 0.305 e. The normalized spacial score (nSPS) is 18.2. The van der Waals surface area contributed by atoms with Gasteiger partial charge in [0.2, 0.25) is 5.91 Å². The third-order valence-electron chi connectivity index (χ3n) is 3.77. The predicted molar refractivity (Wildman–Crippen MR) is 81.4 cm³/mol. The van der Waals surface area contributed by atoms with E-state index in [9.17, 15) is 9.59 Å². The zero-order chi connectivity index (χ0) is 15.2. The minimum absolute atomic E-state index is 0.0280. The number of carbonyl (C=O) groups excluding carboxylic acids is 1. The lowest BCUT2D eigenvalue weighted by Crippen LogP contribution is -2.49. The first kappa shape index (κ1) is 15.5. The lowest BCUT2D eigenvalue weighted by Gasteiger charge is -2.30. The van der Waals surface area contributed by atoms with E-state index in [-0.39, 0.29) is 24.9 Å². The molecule has 0 unspecified atom stereocenters. The second kappa shape index (κ2) is 7.22. The number of hydrogen-bond donors (Lipinski definition) is 2. The fourth-order valence-electron chi connectivity index (χ4n) is 2.55. The number of nitrogens with zero attached hydrogens (tertiary/aromatic N) is 1. The number of amides is 1. The van der Waals surface area contributed by atoms with Crippen molar-refractivity contribution in [2.45, 2.75) is 38.6 Å². The third-order valence-corrected chi connectivity index (χ3v) is 3.77. The molecule has 1 aliphatic heterocycles. The summed E-state index contributed by atoms with van der Waals surface area (Å²) in [5.74, 6) is -0.920. The molecule has 1 amide bonds. The van der Waals surface area contributed by atoms with Crippen LogP contribution in [0.1, 0.15) is 31.2 Å². The quantitative estimate of drug-likeness (QED) is 0.869. The van der Waals surface area contributed by atoms with E-state index in [0.717, 1.165) is 37.1 Å². The zero-order valence-corrected chi connectivity index (χ0v) is 12.3. The Morgan fingerprint density at radius 1 is 1.29 bits per heavy atom. The van der Waals surface area contributed by atoms with Gasteiger partial charge in [-0.05, 0) is 38.4 Å². The Bertz CT molecular complexity index is 493. The van der Waals surface area contributed by atoms with Crippen molar-refractivity contribution >= 4 is 17.6 Å². The molecule has 0 aliphatic carbocycles. The number of rotatable bonds is 5. The molecule has 1 aliphatic rings. The molecule has 0 aromatic heterocycles. The summed E-state index contributed by atoms with van der Waals surface area (Å²) in [7, 11) is 0. The van der Waals surface area contributed by atoms with E-state index in [0.29, 0.717) is 0 Å². The van der Waals surface area contributed by atoms with E-state index >= 15 is 0 Å². The number of carboxylic acids is 1. The minimum atomic E-state index is -0.892. The van der Waals surface area contributed by atoms with E-state index in [1.54, 1.807) is 4.90 Å². The van der Waals surface area contributed by atoms with E-state index in [1.165, 1.54) is 0 Å². The molecule has 0 saturated carbocycles. The Hall–Kier alpha value is -1.88. The molecule has 1 aromatic rings. The monoisotopic (exact) mass is 290 g/mol. The van der Waals surface area contributed by atoms with Crippen molar-refractivity contribution in [3.05, 3.63) is 29.8 Å². The molecular formula is C16H22N2O3. The number of carbonyl (C=O) groups is 2. The molecule has 0 bridgehead atoms. The first-order chi connectivity index (χ1) is 10.1. The minimum Gasteiger partial charge on any atom is -0.481 e. The van der Waals surface area contributed by atoms with Crippen molar-refractivity contribution in [2.24, 2.45) is 0 Å². The lowest BCUT2D eigenvalue weighted by atomic mass is 10.0. The number of anilines is 1. The Labute approximate surface area is 125 Å². The van der Waals surface area contributed by atoms with Crippen LogP contribution in [-0.2, 0) is 9.59 Å². The molecule has 2 rings (SSSR count). The molecule has 21 heavy (non-hydrogen) atoms. The van der Waals surface area contributed by atoms with E-state index in [4.69, 9.17) is 5.11 Å². The molecule has 5 nitrogen and oxygen atoms in total. The third kappa shape index (κ3) is 4.29. The second-order valence-corrected chi connectivity index (χ2v) is 5.47. The Kier molecular flexibility index (Phi) is 5.33. The molecule has 1 heterocycles. The number of carboxylic acid groups (broad SMARTS) is 1. The summed E-state index contributed by atoms with van der Waals surface area (Å²) in [6, 6.07) is 7.42. The highest BCUT2D eigenvalue weighted by atomic mass is 16.4. The molecule has 1 saturated heterocycles. The highest BCUT2D eigenvalue weighted by Crippen LogP contribution is 2.19. The molecule has 1 fully saturated rings. The number of hydrogen-bond acceptors (Lipinski definition) is 3. The molecular weight excluding hydrogens is 268 g/mol. The molecule has 2 N–H and O–H groups in total. The van der Waals surface area contributed by atoms with Crippen LogP contribution >= 0.6 is 0 Å².